The van der Waals surface area contributed by atoms with E-state index in [1.807, 2.05) is 42.5 Å². The molecule has 0 spiro atoms. The summed E-state index contributed by atoms with van der Waals surface area (Å²) in [4.78, 5) is 51.8. The fourth-order valence-corrected chi connectivity index (χ4v) is 8.25. The SMILES string of the molecule is COc1cc(N2CCN(Cc3cc4c(cc3F)C(=O)N(C3CCC(=O)NC3=O)C4)CC2)ccc1Nc1ncc(Cl)c(Nc2ccccc2P(C)(C)=O)n1. The van der Waals surface area contributed by atoms with Crippen molar-refractivity contribution < 1.29 is 28.1 Å². The van der Waals surface area contributed by atoms with Crippen molar-refractivity contribution in [2.45, 2.75) is 32.0 Å². The number of piperazine rings is 1. The largest absolute Gasteiger partial charge is 0.494 e. The van der Waals surface area contributed by atoms with Crippen LogP contribution in [0.4, 0.5) is 33.2 Å². The van der Waals surface area contributed by atoms with Gasteiger partial charge < -0.3 is 29.7 Å². The van der Waals surface area contributed by atoms with Crippen molar-refractivity contribution in [1.29, 1.82) is 0 Å². The van der Waals surface area contributed by atoms with Crippen LogP contribution in [0.1, 0.15) is 34.3 Å². The number of hydrogen-bond donors (Lipinski definition) is 3. The molecule has 276 valence electrons. The van der Waals surface area contributed by atoms with Crippen molar-refractivity contribution in [3.05, 3.63) is 88.3 Å². The van der Waals surface area contributed by atoms with Crippen molar-refractivity contribution in [1.82, 2.24) is 25.1 Å². The lowest BCUT2D eigenvalue weighted by Crippen LogP contribution is -2.52. The molecule has 0 bridgehead atoms. The molecule has 3 aliphatic rings. The van der Waals surface area contributed by atoms with Crippen LogP contribution in [0.25, 0.3) is 0 Å². The number of methoxy groups -OCH3 is 1. The van der Waals surface area contributed by atoms with Gasteiger partial charge >= 0.3 is 0 Å². The molecule has 16 heteroatoms. The van der Waals surface area contributed by atoms with E-state index < -0.39 is 30.8 Å². The highest BCUT2D eigenvalue weighted by Crippen LogP contribution is 2.39. The highest BCUT2D eigenvalue weighted by molar-refractivity contribution is 7.70. The van der Waals surface area contributed by atoms with E-state index in [1.165, 1.54) is 17.2 Å². The predicted molar refractivity (Wildman–Crippen MR) is 202 cm³/mol. The Labute approximate surface area is 311 Å². The number of carbonyl (C=O) groups excluding carboxylic acids is 3. The number of halogens is 2. The lowest BCUT2D eigenvalue weighted by Gasteiger charge is -2.36. The molecule has 2 fully saturated rings. The molecule has 3 amide bonds. The number of imide groups is 1. The first-order valence-corrected chi connectivity index (χ1v) is 20.2. The molecule has 53 heavy (non-hydrogen) atoms. The van der Waals surface area contributed by atoms with Crippen LogP contribution in [-0.4, -0.2) is 90.1 Å². The van der Waals surface area contributed by atoms with Gasteiger partial charge in [0.2, 0.25) is 17.8 Å². The van der Waals surface area contributed by atoms with Gasteiger partial charge in [0, 0.05) is 73.9 Å². The summed E-state index contributed by atoms with van der Waals surface area (Å²) >= 11 is 6.44. The number of rotatable bonds is 10. The number of benzene rings is 3. The van der Waals surface area contributed by atoms with Crippen LogP contribution in [0, 0.1) is 5.82 Å². The Hall–Kier alpha value is -5.04. The van der Waals surface area contributed by atoms with E-state index >= 15 is 4.39 Å². The van der Waals surface area contributed by atoms with Crippen LogP contribution in [0.2, 0.25) is 5.02 Å². The van der Waals surface area contributed by atoms with E-state index in [0.29, 0.717) is 77.1 Å². The van der Waals surface area contributed by atoms with Crippen LogP contribution in [0.5, 0.6) is 5.75 Å². The molecule has 1 atom stereocenters. The third-order valence-corrected chi connectivity index (χ3v) is 11.6. The molecule has 4 heterocycles. The van der Waals surface area contributed by atoms with Crippen LogP contribution >= 0.6 is 18.7 Å². The second kappa shape index (κ2) is 14.8. The van der Waals surface area contributed by atoms with Crippen molar-refractivity contribution in [2.24, 2.45) is 0 Å². The minimum absolute atomic E-state index is 0.161. The summed E-state index contributed by atoms with van der Waals surface area (Å²) in [6.07, 6.45) is 1.91. The average Bonchev–Trinajstić information content (AvgIpc) is 3.44. The van der Waals surface area contributed by atoms with Crippen molar-refractivity contribution in [2.75, 3.05) is 62.2 Å². The molecule has 4 aromatic rings. The number of aromatic nitrogens is 2. The number of anilines is 5. The third-order valence-electron chi connectivity index (χ3n) is 9.73. The number of nitrogens with zero attached hydrogens (tertiary/aromatic N) is 5. The van der Waals surface area contributed by atoms with Crippen molar-refractivity contribution in [3.8, 4) is 5.75 Å². The fraction of sp³-hybridized carbons (Fsp3) is 0.324. The zero-order valence-corrected chi connectivity index (χ0v) is 31.1. The summed E-state index contributed by atoms with van der Waals surface area (Å²) in [5, 5.41) is 9.72. The van der Waals surface area contributed by atoms with E-state index in [0.717, 1.165) is 5.69 Å². The second-order valence-electron chi connectivity index (χ2n) is 13.7. The Morgan fingerprint density at radius 2 is 1.79 bits per heavy atom. The number of para-hydroxylation sites is 1. The van der Waals surface area contributed by atoms with Gasteiger partial charge in [0.25, 0.3) is 5.91 Å². The molecule has 0 saturated carbocycles. The Kier molecular flexibility index (Phi) is 10.1. The number of nitrogens with one attached hydrogen (secondary N) is 3. The van der Waals surface area contributed by atoms with Crippen LogP contribution < -0.4 is 30.9 Å². The highest BCUT2D eigenvalue weighted by Gasteiger charge is 2.39. The number of hydrogen-bond acceptors (Lipinski definition) is 11. The van der Waals surface area contributed by atoms with Gasteiger partial charge in [0.1, 0.15) is 29.8 Å². The lowest BCUT2D eigenvalue weighted by molar-refractivity contribution is -0.136. The van der Waals surface area contributed by atoms with Gasteiger partial charge in [-0.15, -0.1) is 0 Å². The van der Waals surface area contributed by atoms with E-state index in [4.69, 9.17) is 16.3 Å². The first kappa shape index (κ1) is 36.3. The molecule has 13 nitrogen and oxygen atoms in total. The first-order chi connectivity index (χ1) is 25.4. The molecule has 7 rings (SSSR count). The summed E-state index contributed by atoms with van der Waals surface area (Å²) < 4.78 is 33.9. The van der Waals surface area contributed by atoms with Gasteiger partial charge in [0.05, 0.1) is 24.7 Å². The van der Waals surface area contributed by atoms with Crippen LogP contribution in [0.3, 0.4) is 0 Å². The molecule has 3 N–H and O–H groups in total. The maximum atomic E-state index is 15.3. The molecule has 3 aromatic carbocycles. The molecule has 2 saturated heterocycles. The molecule has 1 unspecified atom stereocenters. The topological polar surface area (TPSA) is 149 Å². The molecular formula is C37H39ClFN8O5P. The molecule has 1 aromatic heterocycles. The Morgan fingerprint density at radius 1 is 1.02 bits per heavy atom. The fourth-order valence-electron chi connectivity index (χ4n) is 6.96. The standard InChI is InChI=1S/C37H39ClFN8O5P/c1-52-31-17-24(8-9-28(31)42-37-40-19-26(38)34(44-37)41-29-6-4-5-7-32(29)53(2,3)51)46-14-12-45(13-15-46)20-23-16-22-21-47(36(50)25(22)18-27(23)39)30-10-11-33(48)43-35(30)49/h4-9,16-19,30H,10-15,20-21H2,1-3H3,(H,43,48,49)(H2,40,41,42,44). The van der Waals surface area contributed by atoms with Gasteiger partial charge in [0.15, 0.2) is 5.82 Å². The second-order valence-corrected chi connectivity index (χ2v) is 17.2. The van der Waals surface area contributed by atoms with E-state index in [9.17, 15) is 18.9 Å². The minimum atomic E-state index is -2.57. The highest BCUT2D eigenvalue weighted by atomic mass is 35.5. The van der Waals surface area contributed by atoms with Crippen molar-refractivity contribution >= 4 is 70.6 Å². The van der Waals surface area contributed by atoms with E-state index in [1.54, 1.807) is 26.5 Å². The van der Waals surface area contributed by atoms with Gasteiger partial charge in [-0.3, -0.25) is 24.6 Å². The zero-order chi connectivity index (χ0) is 37.4. The summed E-state index contributed by atoms with van der Waals surface area (Å²) in [6, 6.07) is 15.4. The lowest BCUT2D eigenvalue weighted by atomic mass is 10.0. The quantitative estimate of drug-likeness (QED) is 0.147. The monoisotopic (exact) mass is 760 g/mol. The first-order valence-electron chi connectivity index (χ1n) is 17.2. The number of ether oxygens (including phenoxy) is 1. The van der Waals surface area contributed by atoms with E-state index in [2.05, 4.69) is 35.7 Å². The summed E-state index contributed by atoms with van der Waals surface area (Å²) in [6.45, 7) is 6.76. The van der Waals surface area contributed by atoms with Crippen LogP contribution in [-0.2, 0) is 27.2 Å². The smallest absolute Gasteiger partial charge is 0.255 e. The van der Waals surface area contributed by atoms with Crippen molar-refractivity contribution in [3.63, 3.8) is 0 Å². The number of carbonyl (C=O) groups is 3. The normalized spacial score (nSPS) is 17.8. The van der Waals surface area contributed by atoms with E-state index in [-0.39, 0.29) is 36.8 Å². The summed E-state index contributed by atoms with van der Waals surface area (Å²) in [5.41, 5.74) is 3.71. The Balaban J connectivity index is 0.982. The van der Waals surface area contributed by atoms with Crippen LogP contribution in [0.15, 0.2) is 60.8 Å². The third kappa shape index (κ3) is 7.71. The molecule has 0 radical (unpaired) electrons. The van der Waals surface area contributed by atoms with Gasteiger partial charge in [-0.05, 0) is 61.7 Å². The van der Waals surface area contributed by atoms with Gasteiger partial charge in [-0.25, -0.2) is 9.37 Å². The summed E-state index contributed by atoms with van der Waals surface area (Å²) in [5.74, 6) is -0.456. The Morgan fingerprint density at radius 3 is 2.53 bits per heavy atom. The average molecular weight is 761 g/mol. The number of piperidine rings is 1. The van der Waals surface area contributed by atoms with Gasteiger partial charge in [-0.2, -0.15) is 4.98 Å². The van der Waals surface area contributed by atoms with Gasteiger partial charge in [-0.1, -0.05) is 23.7 Å². The molecule has 0 aliphatic carbocycles. The number of amides is 3. The maximum absolute atomic E-state index is 15.3. The molecule has 3 aliphatic heterocycles. The molecular weight excluding hydrogens is 722 g/mol. The maximum Gasteiger partial charge on any atom is 0.255 e. The predicted octanol–water partition coefficient (Wildman–Crippen LogP) is 5.10. The number of fused-ring (bicyclic) bond motifs is 1. The Bertz CT molecular complexity index is 2160. The zero-order valence-electron chi connectivity index (χ0n) is 29.5. The summed E-state index contributed by atoms with van der Waals surface area (Å²) in [7, 11) is -0.981. The minimum Gasteiger partial charge on any atom is -0.494 e.